The normalized spacial score (nSPS) is 13.5. The molecule has 144 valence electrons. The minimum absolute atomic E-state index is 0.0266. The van der Waals surface area contributed by atoms with Crippen molar-refractivity contribution in [1.82, 2.24) is 24.9 Å². The first kappa shape index (κ1) is 22.2. The highest BCUT2D eigenvalue weighted by Gasteiger charge is 2.27. The van der Waals surface area contributed by atoms with Gasteiger partial charge in [-0.1, -0.05) is 0 Å². The number of nitrogens with zero attached hydrogens (tertiary/aromatic N) is 8. The van der Waals surface area contributed by atoms with Crippen LogP contribution in [0.4, 0.5) is 4.79 Å². The van der Waals surface area contributed by atoms with Crippen molar-refractivity contribution in [3.05, 3.63) is 0 Å². The monoisotopic (exact) mass is 371 g/mol. The third-order valence-corrected chi connectivity index (χ3v) is 4.21. The maximum Gasteiger partial charge on any atom is 0.320 e. The Labute approximate surface area is 160 Å². The summed E-state index contributed by atoms with van der Waals surface area (Å²) in [6.45, 7) is 5.60. The van der Waals surface area contributed by atoms with Crippen LogP contribution in [-0.2, 0) is 0 Å². The van der Waals surface area contributed by atoms with Crippen LogP contribution in [0.2, 0.25) is 0 Å². The van der Waals surface area contributed by atoms with Gasteiger partial charge in [-0.2, -0.15) is 21.0 Å². The Balaban J connectivity index is 2.24. The molecule has 1 heterocycles. The Morgan fingerprint density at radius 2 is 1.26 bits per heavy atom. The molecule has 0 aliphatic carbocycles. The van der Waals surface area contributed by atoms with Gasteiger partial charge >= 0.3 is 6.03 Å². The van der Waals surface area contributed by atoms with Crippen molar-refractivity contribution in [3.8, 4) is 24.3 Å². The van der Waals surface area contributed by atoms with Gasteiger partial charge in [-0.3, -0.25) is 9.80 Å². The van der Waals surface area contributed by atoms with Crippen molar-refractivity contribution in [2.24, 2.45) is 0 Å². The summed E-state index contributed by atoms with van der Waals surface area (Å²) in [5, 5.41) is 38.1. The number of nitriles is 4. The van der Waals surface area contributed by atoms with E-state index in [4.69, 9.17) is 21.0 Å². The lowest BCUT2D eigenvalue weighted by atomic mass is 10.4. The zero-order valence-corrected chi connectivity index (χ0v) is 15.5. The SMILES string of the molecule is N#CCN(CC#N)CCNCCN1CCN(CCN(CC#N)CC#N)C1=O. The molecule has 1 fully saturated rings. The van der Waals surface area contributed by atoms with E-state index >= 15 is 0 Å². The number of amides is 2. The summed E-state index contributed by atoms with van der Waals surface area (Å²) in [6, 6.07) is 8.09. The molecule has 0 aromatic rings. The summed E-state index contributed by atoms with van der Waals surface area (Å²) in [6.07, 6.45) is 0. The Morgan fingerprint density at radius 3 is 1.78 bits per heavy atom. The highest BCUT2D eigenvalue weighted by atomic mass is 16.2. The van der Waals surface area contributed by atoms with Gasteiger partial charge in [0.1, 0.15) is 0 Å². The molecule has 1 aliphatic heterocycles. The second-order valence-corrected chi connectivity index (χ2v) is 6.06. The third-order valence-electron chi connectivity index (χ3n) is 4.21. The molecule has 10 nitrogen and oxygen atoms in total. The molecular weight excluding hydrogens is 346 g/mol. The van der Waals surface area contributed by atoms with Gasteiger partial charge < -0.3 is 15.1 Å². The van der Waals surface area contributed by atoms with Crippen LogP contribution in [0, 0.1) is 45.3 Å². The van der Waals surface area contributed by atoms with Crippen LogP contribution in [0.5, 0.6) is 0 Å². The van der Waals surface area contributed by atoms with Gasteiger partial charge in [0, 0.05) is 52.4 Å². The number of carbonyl (C=O) groups excluding carboxylic acids is 1. The molecule has 0 saturated carbocycles. The second kappa shape index (κ2) is 13.3. The van der Waals surface area contributed by atoms with Crippen LogP contribution < -0.4 is 5.32 Å². The first-order valence-corrected chi connectivity index (χ1v) is 8.83. The fraction of sp³-hybridized carbons (Fsp3) is 0.706. The number of nitrogens with one attached hydrogen (secondary N) is 1. The highest BCUT2D eigenvalue weighted by molar-refractivity contribution is 5.76. The molecule has 1 N–H and O–H groups in total. The number of rotatable bonds is 13. The lowest BCUT2D eigenvalue weighted by molar-refractivity contribution is 0.186. The molecule has 0 spiro atoms. The number of urea groups is 1. The van der Waals surface area contributed by atoms with E-state index in [0.29, 0.717) is 52.4 Å². The molecule has 27 heavy (non-hydrogen) atoms. The molecule has 0 atom stereocenters. The molecule has 0 radical (unpaired) electrons. The van der Waals surface area contributed by atoms with Gasteiger partial charge in [-0.15, -0.1) is 0 Å². The predicted octanol–water partition coefficient (Wildman–Crippen LogP) is -0.988. The minimum Gasteiger partial charge on any atom is -0.322 e. The maximum absolute atomic E-state index is 12.4. The van der Waals surface area contributed by atoms with Crippen molar-refractivity contribution in [3.63, 3.8) is 0 Å². The van der Waals surface area contributed by atoms with Gasteiger partial charge in [-0.05, 0) is 0 Å². The average molecular weight is 371 g/mol. The number of hydrogen-bond donors (Lipinski definition) is 1. The third kappa shape index (κ3) is 8.35. The van der Waals surface area contributed by atoms with Crippen LogP contribution >= 0.6 is 0 Å². The van der Waals surface area contributed by atoms with Crippen LogP contribution in [0.25, 0.3) is 0 Å². The lowest BCUT2D eigenvalue weighted by Crippen LogP contribution is -2.40. The van der Waals surface area contributed by atoms with E-state index in [1.807, 2.05) is 24.3 Å². The zero-order chi connectivity index (χ0) is 19.9. The molecular formula is C17H25N9O. The number of carbonyl (C=O) groups is 1. The molecule has 1 saturated heterocycles. The van der Waals surface area contributed by atoms with E-state index in [1.165, 1.54) is 0 Å². The van der Waals surface area contributed by atoms with E-state index in [2.05, 4.69) is 5.32 Å². The first-order chi connectivity index (χ1) is 13.2. The van der Waals surface area contributed by atoms with Gasteiger partial charge in [0.05, 0.1) is 50.5 Å². The Kier molecular flexibility index (Phi) is 10.9. The molecule has 2 amide bonds. The van der Waals surface area contributed by atoms with Crippen LogP contribution in [0.15, 0.2) is 0 Å². The summed E-state index contributed by atoms with van der Waals surface area (Å²) < 4.78 is 0. The fourth-order valence-electron chi connectivity index (χ4n) is 2.71. The minimum atomic E-state index is -0.0266. The largest absolute Gasteiger partial charge is 0.322 e. The predicted molar refractivity (Wildman–Crippen MR) is 96.7 cm³/mol. The van der Waals surface area contributed by atoms with Crippen molar-refractivity contribution >= 4 is 6.03 Å². The summed E-state index contributed by atoms with van der Waals surface area (Å²) in [5.41, 5.74) is 0. The smallest absolute Gasteiger partial charge is 0.320 e. The summed E-state index contributed by atoms with van der Waals surface area (Å²) in [7, 11) is 0. The molecule has 0 aromatic carbocycles. The highest BCUT2D eigenvalue weighted by Crippen LogP contribution is 2.07. The standard InChI is InChI=1S/C17H25N9O/c18-1-7-23(8-2-19)11-5-22-6-12-25-15-16-26(17(25)27)14-13-24(9-3-20)10-4-21/h22H,5-16H2. The topological polar surface area (TPSA) is 137 Å². The van der Waals surface area contributed by atoms with Crippen molar-refractivity contribution < 1.29 is 4.79 Å². The average Bonchev–Trinajstić information content (AvgIpc) is 3.00. The van der Waals surface area contributed by atoms with Crippen LogP contribution in [0.1, 0.15) is 0 Å². The lowest BCUT2D eigenvalue weighted by Gasteiger charge is -2.22. The van der Waals surface area contributed by atoms with E-state index in [0.717, 1.165) is 0 Å². The van der Waals surface area contributed by atoms with Crippen LogP contribution in [-0.4, -0.2) is 104 Å². The first-order valence-electron chi connectivity index (χ1n) is 8.83. The van der Waals surface area contributed by atoms with Crippen LogP contribution in [0.3, 0.4) is 0 Å². The van der Waals surface area contributed by atoms with Gasteiger partial charge in [-0.25, -0.2) is 4.79 Å². The molecule has 10 heteroatoms. The Bertz CT molecular complexity index is 592. The Morgan fingerprint density at radius 1 is 0.778 bits per heavy atom. The van der Waals surface area contributed by atoms with Gasteiger partial charge in [0.25, 0.3) is 0 Å². The van der Waals surface area contributed by atoms with E-state index < -0.39 is 0 Å². The van der Waals surface area contributed by atoms with Gasteiger partial charge in [0.2, 0.25) is 0 Å². The molecule has 1 rings (SSSR count). The second-order valence-electron chi connectivity index (χ2n) is 6.06. The van der Waals surface area contributed by atoms with E-state index in [1.54, 1.807) is 19.6 Å². The summed E-state index contributed by atoms with van der Waals surface area (Å²) in [4.78, 5) is 19.4. The summed E-state index contributed by atoms with van der Waals surface area (Å²) >= 11 is 0. The quantitative estimate of drug-likeness (QED) is 0.322. The Hall–Kier alpha value is -2.89. The van der Waals surface area contributed by atoms with Crippen molar-refractivity contribution in [1.29, 1.82) is 21.0 Å². The molecule has 0 unspecified atom stereocenters. The van der Waals surface area contributed by atoms with Gasteiger partial charge in [0.15, 0.2) is 0 Å². The molecule has 0 bridgehead atoms. The van der Waals surface area contributed by atoms with E-state index in [9.17, 15) is 4.79 Å². The molecule has 1 aliphatic rings. The van der Waals surface area contributed by atoms with Crippen molar-refractivity contribution in [2.45, 2.75) is 0 Å². The molecule has 0 aromatic heterocycles. The number of hydrogen-bond acceptors (Lipinski definition) is 8. The zero-order valence-electron chi connectivity index (χ0n) is 15.5. The maximum atomic E-state index is 12.4. The fourth-order valence-corrected chi connectivity index (χ4v) is 2.71. The van der Waals surface area contributed by atoms with E-state index in [-0.39, 0.29) is 32.2 Å². The summed E-state index contributed by atoms with van der Waals surface area (Å²) in [5.74, 6) is 0. The van der Waals surface area contributed by atoms with Crippen molar-refractivity contribution in [2.75, 3.05) is 78.5 Å².